The third kappa shape index (κ3) is 3.23. The topological polar surface area (TPSA) is 75.6 Å². The summed E-state index contributed by atoms with van der Waals surface area (Å²) in [6, 6.07) is -0.334. The number of carboxylic acid groups (broad SMARTS) is 1. The van der Waals surface area contributed by atoms with Gasteiger partial charge in [0.15, 0.2) is 8.32 Å². The average Bonchev–Trinajstić information content (AvgIpc) is 2.21. The number of rotatable bonds is 5. The predicted octanol–water partition coefficient (Wildman–Crippen LogP) is 2.23. The summed E-state index contributed by atoms with van der Waals surface area (Å²) in [6.45, 7) is 14.2. The predicted molar refractivity (Wildman–Crippen MR) is 80.0 cm³/mol. The molecule has 0 saturated carbocycles. The van der Waals surface area contributed by atoms with Gasteiger partial charge in [0, 0.05) is 0 Å². The molecular weight excluding hydrogens is 274 g/mol. The monoisotopic (exact) mass is 301 g/mol. The number of nitrogens with one attached hydrogen (secondary N) is 1. The van der Waals surface area contributed by atoms with E-state index in [1.807, 2.05) is 6.92 Å². The summed E-state index contributed by atoms with van der Waals surface area (Å²) in [5.74, 6) is -1.95. The quantitative estimate of drug-likeness (QED) is 0.603. The molecule has 0 aromatic carbocycles. The Kier molecular flexibility index (Phi) is 4.71. The first-order chi connectivity index (χ1) is 8.88. The summed E-state index contributed by atoms with van der Waals surface area (Å²) >= 11 is 0. The van der Waals surface area contributed by atoms with Crippen LogP contribution in [0.5, 0.6) is 0 Å². The minimum atomic E-state index is -1.96. The molecular formula is C14H27NO4Si. The molecule has 5 nitrogen and oxygen atoms in total. The van der Waals surface area contributed by atoms with Gasteiger partial charge in [-0.3, -0.25) is 9.59 Å². The average molecular weight is 301 g/mol. The zero-order valence-corrected chi connectivity index (χ0v) is 14.5. The van der Waals surface area contributed by atoms with Crippen molar-refractivity contribution in [3.63, 3.8) is 0 Å². The third-order valence-corrected chi connectivity index (χ3v) is 9.29. The van der Waals surface area contributed by atoms with E-state index in [9.17, 15) is 9.59 Å². The van der Waals surface area contributed by atoms with Gasteiger partial charge in [-0.2, -0.15) is 0 Å². The van der Waals surface area contributed by atoms with Gasteiger partial charge in [-0.25, -0.2) is 0 Å². The number of amides is 1. The largest absolute Gasteiger partial charge is 0.481 e. The molecule has 2 N–H and O–H groups in total. The summed E-state index contributed by atoms with van der Waals surface area (Å²) < 4.78 is 6.22. The van der Waals surface area contributed by atoms with E-state index in [4.69, 9.17) is 9.53 Å². The number of carbonyl (C=O) groups is 2. The van der Waals surface area contributed by atoms with E-state index < -0.39 is 20.2 Å². The number of hydrogen-bond donors (Lipinski definition) is 2. The normalized spacial score (nSPS) is 26.4. The molecule has 20 heavy (non-hydrogen) atoms. The fourth-order valence-corrected chi connectivity index (χ4v) is 3.66. The first-order valence-corrected chi connectivity index (χ1v) is 10.0. The minimum Gasteiger partial charge on any atom is -0.481 e. The fourth-order valence-electron chi connectivity index (χ4n) is 2.23. The van der Waals surface area contributed by atoms with Crippen LogP contribution in [0.1, 0.15) is 34.6 Å². The third-order valence-electron chi connectivity index (χ3n) is 4.72. The number of carboxylic acids is 1. The van der Waals surface area contributed by atoms with Gasteiger partial charge in [0.1, 0.15) is 0 Å². The zero-order valence-electron chi connectivity index (χ0n) is 13.5. The minimum absolute atomic E-state index is 0.0649. The van der Waals surface area contributed by atoms with Gasteiger partial charge in [0.05, 0.1) is 24.0 Å². The van der Waals surface area contributed by atoms with E-state index in [0.717, 1.165) is 0 Å². The molecule has 1 aliphatic heterocycles. The van der Waals surface area contributed by atoms with Crippen LogP contribution in [-0.2, 0) is 14.0 Å². The van der Waals surface area contributed by atoms with Gasteiger partial charge >= 0.3 is 5.97 Å². The molecule has 6 heteroatoms. The zero-order chi connectivity index (χ0) is 15.9. The SMILES string of the molecule is CC(O[Si](C)(C)C(C)(C)C)[C@H]1C(=O)N[C@@H]1[C@@H](C)C(=O)O. The van der Waals surface area contributed by atoms with Crippen molar-refractivity contribution in [1.82, 2.24) is 5.32 Å². The Morgan fingerprint density at radius 1 is 1.35 bits per heavy atom. The number of hydrogen-bond acceptors (Lipinski definition) is 3. The Hall–Kier alpha value is -0.883. The highest BCUT2D eigenvalue weighted by Crippen LogP contribution is 2.39. The molecule has 1 saturated heterocycles. The van der Waals surface area contributed by atoms with Crippen molar-refractivity contribution in [3.8, 4) is 0 Å². The van der Waals surface area contributed by atoms with Crippen LogP contribution in [-0.4, -0.2) is 37.4 Å². The van der Waals surface area contributed by atoms with Gasteiger partial charge in [-0.15, -0.1) is 0 Å². The molecule has 1 fully saturated rings. The van der Waals surface area contributed by atoms with Gasteiger partial charge < -0.3 is 14.8 Å². The van der Waals surface area contributed by atoms with Crippen molar-refractivity contribution < 1.29 is 19.1 Å². The molecule has 1 aliphatic rings. The standard InChI is InChI=1S/C14H27NO4Si/c1-8(13(17)18)11-10(12(16)15-11)9(2)19-20(6,7)14(3,4)5/h8-11H,1-7H3,(H,15,16)(H,17,18)/t8-,9?,10-,11-/m1/s1. The van der Waals surface area contributed by atoms with E-state index in [2.05, 4.69) is 39.2 Å². The second kappa shape index (κ2) is 5.48. The molecule has 1 amide bonds. The fraction of sp³-hybridized carbons (Fsp3) is 0.857. The maximum Gasteiger partial charge on any atom is 0.308 e. The second-order valence-electron chi connectivity index (χ2n) is 7.27. The Balaban J connectivity index is 2.78. The lowest BCUT2D eigenvalue weighted by molar-refractivity contribution is -0.151. The molecule has 116 valence electrons. The van der Waals surface area contributed by atoms with Crippen LogP contribution >= 0.6 is 0 Å². The number of β-lactam (4-membered cyclic amide) rings is 1. The Morgan fingerprint density at radius 3 is 2.20 bits per heavy atom. The second-order valence-corrected chi connectivity index (χ2v) is 12.0. The Bertz CT molecular complexity index is 402. The lowest BCUT2D eigenvalue weighted by Crippen LogP contribution is -2.66. The van der Waals surface area contributed by atoms with E-state index in [1.54, 1.807) is 6.92 Å². The van der Waals surface area contributed by atoms with Gasteiger partial charge in [0.2, 0.25) is 5.91 Å². The van der Waals surface area contributed by atoms with Crippen molar-refractivity contribution in [2.24, 2.45) is 11.8 Å². The molecule has 0 spiro atoms. The molecule has 0 radical (unpaired) electrons. The highest BCUT2D eigenvalue weighted by atomic mass is 28.4. The van der Waals surface area contributed by atoms with Crippen LogP contribution in [0.3, 0.4) is 0 Å². The van der Waals surface area contributed by atoms with E-state index >= 15 is 0 Å². The highest BCUT2D eigenvalue weighted by Gasteiger charge is 2.50. The summed E-state index contributed by atoms with van der Waals surface area (Å²) in [5, 5.41) is 11.8. The van der Waals surface area contributed by atoms with Crippen molar-refractivity contribution in [1.29, 1.82) is 0 Å². The Morgan fingerprint density at radius 2 is 1.85 bits per heavy atom. The maximum atomic E-state index is 11.8. The van der Waals surface area contributed by atoms with Crippen LogP contribution in [0.25, 0.3) is 0 Å². The lowest BCUT2D eigenvalue weighted by atomic mass is 9.79. The summed E-state index contributed by atoms with van der Waals surface area (Å²) in [6.07, 6.45) is -0.253. The van der Waals surface area contributed by atoms with Gasteiger partial charge in [-0.05, 0) is 32.0 Å². The van der Waals surface area contributed by atoms with E-state index in [0.29, 0.717) is 0 Å². The summed E-state index contributed by atoms with van der Waals surface area (Å²) in [4.78, 5) is 22.8. The van der Waals surface area contributed by atoms with Crippen molar-refractivity contribution in [2.45, 2.75) is 64.9 Å². The Labute approximate surface area is 122 Å². The molecule has 0 bridgehead atoms. The molecule has 1 heterocycles. The van der Waals surface area contributed by atoms with Crippen molar-refractivity contribution >= 4 is 20.2 Å². The number of carbonyl (C=O) groups excluding carboxylic acids is 1. The number of aliphatic carboxylic acids is 1. The summed E-state index contributed by atoms with van der Waals surface area (Å²) in [7, 11) is -1.96. The molecule has 0 aromatic rings. The molecule has 0 aliphatic carbocycles. The molecule has 0 aromatic heterocycles. The van der Waals surface area contributed by atoms with Gasteiger partial charge in [0.25, 0.3) is 0 Å². The van der Waals surface area contributed by atoms with Crippen molar-refractivity contribution in [3.05, 3.63) is 0 Å². The van der Waals surface area contributed by atoms with Crippen LogP contribution < -0.4 is 5.32 Å². The molecule has 1 rings (SSSR count). The van der Waals surface area contributed by atoms with Crippen LogP contribution in [0.4, 0.5) is 0 Å². The van der Waals surface area contributed by atoms with Crippen LogP contribution in [0.15, 0.2) is 0 Å². The van der Waals surface area contributed by atoms with E-state index in [-0.39, 0.29) is 29.0 Å². The van der Waals surface area contributed by atoms with Gasteiger partial charge in [-0.1, -0.05) is 20.8 Å². The van der Waals surface area contributed by atoms with Crippen molar-refractivity contribution in [2.75, 3.05) is 0 Å². The molecule has 4 atom stereocenters. The van der Waals surface area contributed by atoms with E-state index in [1.165, 1.54) is 0 Å². The molecule has 1 unspecified atom stereocenters. The highest BCUT2D eigenvalue weighted by molar-refractivity contribution is 6.74. The first-order valence-electron chi connectivity index (χ1n) is 7.09. The first kappa shape index (κ1) is 17.2. The summed E-state index contributed by atoms with van der Waals surface area (Å²) in [5.41, 5.74) is 0. The lowest BCUT2D eigenvalue weighted by Gasteiger charge is -2.46. The van der Waals surface area contributed by atoms with Crippen LogP contribution in [0.2, 0.25) is 18.1 Å². The maximum absolute atomic E-state index is 11.8. The van der Waals surface area contributed by atoms with Crippen LogP contribution in [0, 0.1) is 11.8 Å². The smallest absolute Gasteiger partial charge is 0.308 e.